The van der Waals surface area contributed by atoms with Crippen LogP contribution in [0.1, 0.15) is 18.4 Å². The molecule has 17 heavy (non-hydrogen) atoms. The van der Waals surface area contributed by atoms with Gasteiger partial charge in [-0.05, 0) is 29.8 Å². The summed E-state index contributed by atoms with van der Waals surface area (Å²) in [6, 6.07) is 7.02. The number of hydrogen-bond acceptors (Lipinski definition) is 5. The van der Waals surface area contributed by atoms with Crippen LogP contribution in [0.5, 0.6) is 5.75 Å². The van der Waals surface area contributed by atoms with Crippen molar-refractivity contribution >= 4 is 5.95 Å². The number of phenols is 1. The van der Waals surface area contributed by atoms with Gasteiger partial charge in [-0.1, -0.05) is 12.1 Å². The van der Waals surface area contributed by atoms with E-state index in [2.05, 4.69) is 10.1 Å². The number of aromatic hydroxyl groups is 1. The van der Waals surface area contributed by atoms with E-state index >= 15 is 0 Å². The highest BCUT2D eigenvalue weighted by molar-refractivity contribution is 5.30. The van der Waals surface area contributed by atoms with E-state index < -0.39 is 0 Å². The van der Waals surface area contributed by atoms with E-state index in [1.165, 1.54) is 0 Å². The lowest BCUT2D eigenvalue weighted by molar-refractivity contribution is 0.384. The van der Waals surface area contributed by atoms with Gasteiger partial charge in [0.2, 0.25) is 5.89 Å². The maximum absolute atomic E-state index is 9.35. The summed E-state index contributed by atoms with van der Waals surface area (Å²) in [5, 5.41) is 13.2. The fraction of sp³-hybridized carbons (Fsp3) is 0.333. The summed E-state index contributed by atoms with van der Waals surface area (Å²) in [5.41, 5.74) is 0.944. The van der Waals surface area contributed by atoms with Crippen molar-refractivity contribution in [3.05, 3.63) is 35.7 Å². The fourth-order valence-electron chi connectivity index (χ4n) is 1.46. The topological polar surface area (TPSA) is 62.4 Å². The molecule has 0 unspecified atom stereocenters. The maximum atomic E-state index is 9.35. The Hall–Kier alpha value is -2.04. The average molecular weight is 233 g/mol. The molecule has 0 saturated heterocycles. The Kier molecular flexibility index (Phi) is 3.27. The summed E-state index contributed by atoms with van der Waals surface area (Å²) in [5.74, 6) is 1.38. The van der Waals surface area contributed by atoms with Crippen LogP contribution in [0.2, 0.25) is 0 Å². The van der Waals surface area contributed by atoms with Crippen molar-refractivity contribution in [3.63, 3.8) is 0 Å². The Morgan fingerprint density at radius 1 is 1.41 bits per heavy atom. The normalized spacial score (nSPS) is 10.5. The molecule has 0 amide bonds. The molecule has 0 aliphatic carbocycles. The molecule has 1 N–H and O–H groups in total. The zero-order valence-corrected chi connectivity index (χ0v) is 9.92. The number of aromatic nitrogens is 2. The van der Waals surface area contributed by atoms with Crippen molar-refractivity contribution in [2.24, 2.45) is 0 Å². The van der Waals surface area contributed by atoms with Crippen molar-refractivity contribution in [2.75, 3.05) is 18.5 Å². The minimum Gasteiger partial charge on any atom is -0.508 e. The van der Waals surface area contributed by atoms with Crippen molar-refractivity contribution in [3.8, 4) is 5.75 Å². The van der Waals surface area contributed by atoms with E-state index in [0.717, 1.165) is 12.1 Å². The smallest absolute Gasteiger partial charge is 0.265 e. The summed E-state index contributed by atoms with van der Waals surface area (Å²) in [6.45, 7) is 2.84. The third kappa shape index (κ3) is 2.75. The largest absolute Gasteiger partial charge is 0.508 e. The number of phenolic OH excluding ortho intramolecular Hbond substituents is 1. The van der Waals surface area contributed by atoms with Crippen LogP contribution in [0, 0.1) is 0 Å². The molecule has 2 rings (SSSR count). The van der Waals surface area contributed by atoms with Crippen LogP contribution < -0.4 is 4.90 Å². The van der Waals surface area contributed by atoms with E-state index in [0.29, 0.717) is 18.3 Å². The first-order valence-corrected chi connectivity index (χ1v) is 5.50. The first-order chi connectivity index (χ1) is 8.19. The molecule has 0 atom stereocenters. The fourth-order valence-corrected chi connectivity index (χ4v) is 1.46. The molecule has 0 spiro atoms. The molecule has 0 bridgehead atoms. The predicted octanol–water partition coefficient (Wildman–Crippen LogP) is 1.82. The Bertz CT molecular complexity index is 496. The van der Waals surface area contributed by atoms with Crippen LogP contribution >= 0.6 is 0 Å². The third-order valence-electron chi connectivity index (χ3n) is 2.54. The molecule has 5 nitrogen and oxygen atoms in total. The van der Waals surface area contributed by atoms with Gasteiger partial charge in [0.05, 0.1) is 6.42 Å². The molecule has 0 aliphatic heterocycles. The summed E-state index contributed by atoms with van der Waals surface area (Å²) in [7, 11) is 1.91. The second-order valence-corrected chi connectivity index (χ2v) is 3.85. The molecule has 5 heteroatoms. The van der Waals surface area contributed by atoms with Crippen molar-refractivity contribution in [2.45, 2.75) is 13.3 Å². The highest BCUT2D eigenvalue weighted by atomic mass is 16.5. The summed E-state index contributed by atoms with van der Waals surface area (Å²) >= 11 is 0. The van der Waals surface area contributed by atoms with E-state index in [1.54, 1.807) is 18.2 Å². The molecule has 0 fully saturated rings. The van der Waals surface area contributed by atoms with Gasteiger partial charge in [-0.3, -0.25) is 0 Å². The summed E-state index contributed by atoms with van der Waals surface area (Å²) in [6.07, 6.45) is 0.527. The van der Waals surface area contributed by atoms with E-state index in [4.69, 9.17) is 4.52 Å². The predicted molar refractivity (Wildman–Crippen MR) is 64.2 cm³/mol. The zero-order valence-electron chi connectivity index (χ0n) is 9.92. The average Bonchev–Trinajstić information content (AvgIpc) is 2.76. The molecule has 2 aromatic rings. The van der Waals surface area contributed by atoms with Gasteiger partial charge in [-0.25, -0.2) is 0 Å². The minimum absolute atomic E-state index is 0.243. The first kappa shape index (κ1) is 11.4. The molecular formula is C12H15N3O2. The summed E-state index contributed by atoms with van der Waals surface area (Å²) < 4.78 is 5.15. The number of nitrogens with zero attached hydrogens (tertiary/aromatic N) is 3. The maximum Gasteiger partial charge on any atom is 0.265 e. The van der Waals surface area contributed by atoms with Gasteiger partial charge >= 0.3 is 0 Å². The SMILES string of the molecule is CCN(C)c1noc(Cc2cccc(O)c2)n1. The Morgan fingerprint density at radius 2 is 2.24 bits per heavy atom. The Labute approximate surface area is 99.7 Å². The highest BCUT2D eigenvalue weighted by Crippen LogP contribution is 2.15. The summed E-state index contributed by atoms with van der Waals surface area (Å²) in [4.78, 5) is 6.17. The van der Waals surface area contributed by atoms with Crippen LogP contribution in [0.4, 0.5) is 5.95 Å². The van der Waals surface area contributed by atoms with Gasteiger partial charge in [0.25, 0.3) is 5.95 Å². The van der Waals surface area contributed by atoms with Gasteiger partial charge in [-0.15, -0.1) is 0 Å². The number of anilines is 1. The van der Waals surface area contributed by atoms with Crippen LogP contribution in [0.25, 0.3) is 0 Å². The van der Waals surface area contributed by atoms with Gasteiger partial charge < -0.3 is 14.5 Å². The van der Waals surface area contributed by atoms with E-state index in [1.807, 2.05) is 24.9 Å². The second kappa shape index (κ2) is 4.86. The molecule has 0 saturated carbocycles. The zero-order chi connectivity index (χ0) is 12.3. The highest BCUT2D eigenvalue weighted by Gasteiger charge is 2.09. The lowest BCUT2D eigenvalue weighted by atomic mass is 10.1. The van der Waals surface area contributed by atoms with Crippen LogP contribution in [-0.4, -0.2) is 28.8 Å². The molecule has 0 radical (unpaired) electrons. The van der Waals surface area contributed by atoms with Crippen LogP contribution in [0.15, 0.2) is 28.8 Å². The Balaban J connectivity index is 2.11. The number of benzene rings is 1. The lowest BCUT2D eigenvalue weighted by Crippen LogP contribution is -2.17. The molecule has 90 valence electrons. The van der Waals surface area contributed by atoms with E-state index in [-0.39, 0.29) is 5.75 Å². The van der Waals surface area contributed by atoms with Crippen molar-refractivity contribution in [1.82, 2.24) is 10.1 Å². The molecule has 0 aliphatic rings. The Morgan fingerprint density at radius 3 is 2.94 bits per heavy atom. The van der Waals surface area contributed by atoms with Crippen molar-refractivity contribution in [1.29, 1.82) is 0 Å². The quantitative estimate of drug-likeness (QED) is 0.872. The second-order valence-electron chi connectivity index (χ2n) is 3.85. The van der Waals surface area contributed by atoms with Crippen molar-refractivity contribution < 1.29 is 9.63 Å². The molecular weight excluding hydrogens is 218 g/mol. The number of hydrogen-bond donors (Lipinski definition) is 1. The standard InChI is InChI=1S/C12H15N3O2/c1-3-15(2)12-13-11(17-14-12)8-9-5-4-6-10(16)7-9/h4-7,16H,3,8H2,1-2H3. The van der Waals surface area contributed by atoms with Crippen LogP contribution in [0.3, 0.4) is 0 Å². The number of rotatable bonds is 4. The van der Waals surface area contributed by atoms with Gasteiger partial charge in [-0.2, -0.15) is 4.98 Å². The third-order valence-corrected chi connectivity index (χ3v) is 2.54. The van der Waals surface area contributed by atoms with Crippen LogP contribution in [-0.2, 0) is 6.42 Å². The molecule has 1 heterocycles. The minimum atomic E-state index is 0.243. The van der Waals surface area contributed by atoms with Gasteiger partial charge in [0.15, 0.2) is 0 Å². The van der Waals surface area contributed by atoms with E-state index in [9.17, 15) is 5.11 Å². The molecule has 1 aromatic heterocycles. The monoisotopic (exact) mass is 233 g/mol. The molecule has 1 aromatic carbocycles. The first-order valence-electron chi connectivity index (χ1n) is 5.50. The van der Waals surface area contributed by atoms with Gasteiger partial charge in [0, 0.05) is 13.6 Å². The van der Waals surface area contributed by atoms with Gasteiger partial charge in [0.1, 0.15) is 5.75 Å². The lowest BCUT2D eigenvalue weighted by Gasteiger charge is -2.08.